The molecular weight excluding hydrogens is 300 g/mol. The van der Waals surface area contributed by atoms with Crippen LogP contribution in [0.25, 0.3) is 11.1 Å². The quantitative estimate of drug-likeness (QED) is 0.520. The van der Waals surface area contributed by atoms with E-state index >= 15 is 0 Å². The summed E-state index contributed by atoms with van der Waals surface area (Å²) in [4.78, 5) is 12.5. The van der Waals surface area contributed by atoms with E-state index in [-0.39, 0.29) is 0 Å². The molecule has 0 saturated carbocycles. The third kappa shape index (κ3) is 1.88. The number of ether oxygens (including phenoxy) is 1. The first kappa shape index (κ1) is 14.5. The van der Waals surface area contributed by atoms with Gasteiger partial charge in [-0.2, -0.15) is 0 Å². The lowest BCUT2D eigenvalue weighted by atomic mass is 9.88. The summed E-state index contributed by atoms with van der Waals surface area (Å²) < 4.78 is 11.7. The highest BCUT2D eigenvalue weighted by Gasteiger charge is 2.50. The Kier molecular flexibility index (Phi) is 3.17. The molecule has 0 radical (unpaired) electrons. The Morgan fingerprint density at radius 3 is 2.04 bits per heavy atom. The third-order valence-corrected chi connectivity index (χ3v) is 4.37. The van der Waals surface area contributed by atoms with Crippen molar-refractivity contribution in [1.82, 2.24) is 0 Å². The highest BCUT2D eigenvalue weighted by atomic mass is 16.6. The van der Waals surface area contributed by atoms with Crippen LogP contribution in [0.3, 0.4) is 0 Å². The van der Waals surface area contributed by atoms with E-state index in [1.54, 1.807) is 19.3 Å². The van der Waals surface area contributed by atoms with Gasteiger partial charge in [0.05, 0.1) is 6.26 Å². The van der Waals surface area contributed by atoms with Gasteiger partial charge in [0.15, 0.2) is 5.76 Å². The van der Waals surface area contributed by atoms with Crippen molar-refractivity contribution in [3.8, 4) is 11.1 Å². The Bertz CT molecular complexity index is 890. The molecule has 1 heterocycles. The van der Waals surface area contributed by atoms with E-state index in [1.165, 1.54) is 0 Å². The molecule has 1 aliphatic rings. The highest BCUT2D eigenvalue weighted by Crippen LogP contribution is 2.53. The molecule has 4 rings (SSSR count). The average Bonchev–Trinajstić information content (AvgIpc) is 3.22. The number of rotatable bonds is 3. The topological polar surface area (TPSA) is 39.4 Å². The highest BCUT2D eigenvalue weighted by molar-refractivity contribution is 5.90. The molecule has 0 amide bonds. The van der Waals surface area contributed by atoms with Crippen LogP contribution in [0.15, 0.2) is 83.5 Å². The zero-order chi connectivity index (χ0) is 16.7. The number of esters is 1. The monoisotopic (exact) mass is 316 g/mol. The minimum atomic E-state index is -1.09. The zero-order valence-electron chi connectivity index (χ0n) is 13.3. The van der Waals surface area contributed by atoms with Crippen molar-refractivity contribution in [3.63, 3.8) is 0 Å². The largest absolute Gasteiger partial charge is 0.464 e. The molecule has 0 bridgehead atoms. The molecule has 24 heavy (non-hydrogen) atoms. The second-order valence-electron chi connectivity index (χ2n) is 5.92. The number of hydrogen-bond acceptors (Lipinski definition) is 3. The predicted octanol–water partition coefficient (Wildman–Crippen LogP) is 4.67. The fraction of sp³-hybridized carbons (Fsp3) is 0.0952. The van der Waals surface area contributed by atoms with Crippen molar-refractivity contribution in [1.29, 1.82) is 0 Å². The van der Waals surface area contributed by atoms with Gasteiger partial charge in [0, 0.05) is 16.7 Å². The summed E-state index contributed by atoms with van der Waals surface area (Å²) in [5, 5.41) is 0. The van der Waals surface area contributed by atoms with E-state index in [0.29, 0.717) is 11.3 Å². The maximum absolute atomic E-state index is 12.5. The van der Waals surface area contributed by atoms with Crippen molar-refractivity contribution >= 4 is 5.97 Å². The first-order valence-electron chi connectivity index (χ1n) is 7.77. The van der Waals surface area contributed by atoms with Crippen molar-refractivity contribution in [2.45, 2.75) is 12.5 Å². The maximum Gasteiger partial charge on any atom is 0.334 e. The summed E-state index contributed by atoms with van der Waals surface area (Å²) in [6.07, 6.45) is 1.59. The molecular formula is C21H16O3. The molecule has 0 unspecified atom stereocenters. The van der Waals surface area contributed by atoms with Crippen LogP contribution < -0.4 is 0 Å². The van der Waals surface area contributed by atoms with E-state index in [1.807, 2.05) is 54.6 Å². The Balaban J connectivity index is 2.06. The molecule has 0 aliphatic heterocycles. The maximum atomic E-state index is 12.5. The Morgan fingerprint density at radius 2 is 1.54 bits per heavy atom. The van der Waals surface area contributed by atoms with Crippen LogP contribution in [-0.2, 0) is 15.1 Å². The van der Waals surface area contributed by atoms with E-state index in [0.717, 1.165) is 22.3 Å². The Hall–Kier alpha value is -3.07. The third-order valence-electron chi connectivity index (χ3n) is 4.37. The lowest BCUT2D eigenvalue weighted by Crippen LogP contribution is -2.33. The first-order valence-corrected chi connectivity index (χ1v) is 7.77. The predicted molar refractivity (Wildman–Crippen MR) is 91.4 cm³/mol. The molecule has 3 aromatic rings. The van der Waals surface area contributed by atoms with Gasteiger partial charge in [0.2, 0.25) is 5.60 Å². The van der Waals surface area contributed by atoms with Crippen molar-refractivity contribution < 1.29 is 13.9 Å². The van der Waals surface area contributed by atoms with Gasteiger partial charge in [-0.1, -0.05) is 55.1 Å². The lowest BCUT2D eigenvalue weighted by molar-refractivity contribution is -0.149. The number of fused-ring (bicyclic) bond motifs is 3. The summed E-state index contributed by atoms with van der Waals surface area (Å²) in [7, 11) is 0. The van der Waals surface area contributed by atoms with E-state index in [2.05, 4.69) is 6.58 Å². The van der Waals surface area contributed by atoms with E-state index < -0.39 is 11.6 Å². The van der Waals surface area contributed by atoms with E-state index in [9.17, 15) is 4.79 Å². The second kappa shape index (κ2) is 5.24. The van der Waals surface area contributed by atoms with Crippen LogP contribution in [-0.4, -0.2) is 5.97 Å². The fourth-order valence-corrected chi connectivity index (χ4v) is 3.33. The second-order valence-corrected chi connectivity index (χ2v) is 5.92. The van der Waals surface area contributed by atoms with E-state index in [4.69, 9.17) is 9.15 Å². The Morgan fingerprint density at radius 1 is 0.958 bits per heavy atom. The van der Waals surface area contributed by atoms with Gasteiger partial charge in [0.25, 0.3) is 0 Å². The fourth-order valence-electron chi connectivity index (χ4n) is 3.33. The summed E-state index contributed by atoms with van der Waals surface area (Å²) in [5.74, 6) is 0.132. The van der Waals surface area contributed by atoms with Gasteiger partial charge in [-0.3, -0.25) is 0 Å². The standard InChI is InChI=1S/C21H16O3/c1-14(2)20(22)24-21(19-12-7-13-23-19)17-10-5-3-8-15(17)16-9-4-6-11-18(16)21/h3-13H,1H2,2H3. The minimum Gasteiger partial charge on any atom is -0.464 e. The minimum absolute atomic E-state index is 0.350. The normalized spacial score (nSPS) is 13.9. The summed E-state index contributed by atoms with van der Waals surface area (Å²) in [6, 6.07) is 19.5. The molecule has 2 aromatic carbocycles. The average molecular weight is 316 g/mol. The molecule has 0 atom stereocenters. The lowest BCUT2D eigenvalue weighted by Gasteiger charge is -2.29. The van der Waals surface area contributed by atoms with Crippen molar-refractivity contribution in [2.75, 3.05) is 0 Å². The SMILES string of the molecule is C=C(C)C(=O)OC1(c2ccco2)c2ccccc2-c2ccccc21. The molecule has 0 saturated heterocycles. The van der Waals surface area contributed by atoms with Crippen molar-refractivity contribution in [2.24, 2.45) is 0 Å². The van der Waals surface area contributed by atoms with Crippen LogP contribution in [0.4, 0.5) is 0 Å². The summed E-state index contributed by atoms with van der Waals surface area (Å²) in [6.45, 7) is 5.36. The van der Waals surface area contributed by atoms with Crippen LogP contribution in [0, 0.1) is 0 Å². The van der Waals surface area contributed by atoms with Crippen LogP contribution in [0.5, 0.6) is 0 Å². The number of furan rings is 1. The Labute approximate surface area is 140 Å². The number of carbonyl (C=O) groups excluding carboxylic acids is 1. The van der Waals surface area contributed by atoms with Gasteiger partial charge in [-0.25, -0.2) is 4.79 Å². The molecule has 118 valence electrons. The van der Waals surface area contributed by atoms with Gasteiger partial charge < -0.3 is 9.15 Å². The molecule has 0 fully saturated rings. The smallest absolute Gasteiger partial charge is 0.334 e. The molecule has 1 aromatic heterocycles. The summed E-state index contributed by atoms with van der Waals surface area (Å²) >= 11 is 0. The van der Waals surface area contributed by atoms with Gasteiger partial charge in [-0.15, -0.1) is 0 Å². The van der Waals surface area contributed by atoms with Gasteiger partial charge in [-0.05, 0) is 30.2 Å². The molecule has 3 nitrogen and oxygen atoms in total. The number of benzene rings is 2. The number of carbonyl (C=O) groups is 1. The van der Waals surface area contributed by atoms with Crippen LogP contribution in [0.1, 0.15) is 23.8 Å². The van der Waals surface area contributed by atoms with Crippen LogP contribution >= 0.6 is 0 Å². The summed E-state index contributed by atoms with van der Waals surface area (Å²) in [5.41, 5.74) is 3.14. The molecule has 0 N–H and O–H groups in total. The zero-order valence-corrected chi connectivity index (χ0v) is 13.3. The van der Waals surface area contributed by atoms with Gasteiger partial charge in [0.1, 0.15) is 0 Å². The number of hydrogen-bond donors (Lipinski definition) is 0. The van der Waals surface area contributed by atoms with Crippen molar-refractivity contribution in [3.05, 3.63) is 96.0 Å². The molecule has 1 aliphatic carbocycles. The molecule has 3 heteroatoms. The van der Waals surface area contributed by atoms with Crippen LogP contribution in [0.2, 0.25) is 0 Å². The van der Waals surface area contributed by atoms with Gasteiger partial charge >= 0.3 is 5.97 Å². The molecule has 0 spiro atoms. The first-order chi connectivity index (χ1) is 11.6.